The lowest BCUT2D eigenvalue weighted by atomic mass is 9.97. The minimum Gasteiger partial charge on any atom is -0.480 e. The van der Waals surface area contributed by atoms with Crippen LogP contribution < -0.4 is 10.6 Å². The number of hydrogen-bond donors (Lipinski definition) is 3. The van der Waals surface area contributed by atoms with Gasteiger partial charge in [-0.1, -0.05) is 25.5 Å². The molecule has 1 aromatic rings. The summed E-state index contributed by atoms with van der Waals surface area (Å²) < 4.78 is 0. The van der Waals surface area contributed by atoms with Gasteiger partial charge in [-0.2, -0.15) is 0 Å². The maximum absolute atomic E-state index is 11.8. The lowest BCUT2D eigenvalue weighted by Gasteiger charge is -2.25. The van der Waals surface area contributed by atoms with E-state index in [1.54, 1.807) is 6.07 Å². The molecule has 0 heterocycles. The Balaban J connectivity index is 2.71. The molecule has 1 atom stereocenters. The summed E-state index contributed by atoms with van der Waals surface area (Å²) in [5.41, 5.74) is 0.414. The number of benzene rings is 1. The van der Waals surface area contributed by atoms with Gasteiger partial charge in [-0.3, -0.25) is 0 Å². The smallest absolute Gasteiger partial charge is 0.329 e. The summed E-state index contributed by atoms with van der Waals surface area (Å²) in [6.45, 7) is 5.30. The quantitative estimate of drug-likeness (QED) is 0.765. The lowest BCUT2D eigenvalue weighted by Crippen LogP contribution is -2.53. The maximum atomic E-state index is 11.8. The number of aliphatic carboxylic acids is 1. The molecule has 0 saturated carbocycles. The molecule has 0 aromatic heterocycles. The summed E-state index contributed by atoms with van der Waals surface area (Å²) in [4.78, 5) is 23.0. The lowest BCUT2D eigenvalue weighted by molar-refractivity contribution is -0.143. The number of carbonyl (C=O) groups is 2. The van der Waals surface area contributed by atoms with Crippen molar-refractivity contribution in [1.82, 2.24) is 5.32 Å². The number of amides is 2. The standard InChI is InChI=1S/C14H20N2O3/c1-4-8-14(3,12(17)18)16-13(19)15-11-7-5-6-10(2)9-11/h5-7,9H,4,8H2,1-3H3,(H,17,18)(H2,15,16,19). The fourth-order valence-corrected chi connectivity index (χ4v) is 1.86. The SMILES string of the molecule is CCCC(C)(NC(=O)Nc1cccc(C)c1)C(=O)O. The van der Waals surface area contributed by atoms with Crippen molar-refractivity contribution in [3.63, 3.8) is 0 Å². The summed E-state index contributed by atoms with van der Waals surface area (Å²) >= 11 is 0. The molecule has 1 unspecified atom stereocenters. The third-order valence-corrected chi connectivity index (χ3v) is 2.89. The fourth-order valence-electron chi connectivity index (χ4n) is 1.86. The van der Waals surface area contributed by atoms with Gasteiger partial charge in [0.25, 0.3) is 0 Å². The van der Waals surface area contributed by atoms with Gasteiger partial charge in [-0.25, -0.2) is 9.59 Å². The van der Waals surface area contributed by atoms with Gasteiger partial charge in [-0.05, 0) is 38.0 Å². The molecule has 3 N–H and O–H groups in total. The molecule has 0 radical (unpaired) electrons. The fraction of sp³-hybridized carbons (Fsp3) is 0.429. The van der Waals surface area contributed by atoms with E-state index in [0.717, 1.165) is 5.56 Å². The second-order valence-electron chi connectivity index (χ2n) is 4.84. The highest BCUT2D eigenvalue weighted by atomic mass is 16.4. The average molecular weight is 264 g/mol. The Bertz CT molecular complexity index is 474. The molecule has 0 saturated heterocycles. The molecule has 5 heteroatoms. The van der Waals surface area contributed by atoms with Crippen LogP contribution in [0.5, 0.6) is 0 Å². The molecule has 2 amide bonds. The maximum Gasteiger partial charge on any atom is 0.329 e. The van der Waals surface area contributed by atoms with Gasteiger partial charge in [0.1, 0.15) is 5.54 Å². The highest BCUT2D eigenvalue weighted by Crippen LogP contribution is 2.14. The van der Waals surface area contributed by atoms with E-state index in [1.807, 2.05) is 32.0 Å². The van der Waals surface area contributed by atoms with Crippen molar-refractivity contribution in [2.24, 2.45) is 0 Å². The predicted molar refractivity (Wildman–Crippen MR) is 74.3 cm³/mol. The average Bonchev–Trinajstić information content (AvgIpc) is 2.28. The number of anilines is 1. The molecule has 19 heavy (non-hydrogen) atoms. The van der Waals surface area contributed by atoms with E-state index < -0.39 is 17.5 Å². The monoisotopic (exact) mass is 264 g/mol. The van der Waals surface area contributed by atoms with Crippen LogP contribution in [0.15, 0.2) is 24.3 Å². The molecule has 0 aliphatic rings. The molecular formula is C14H20N2O3. The predicted octanol–water partition coefficient (Wildman–Crippen LogP) is 2.76. The van der Waals surface area contributed by atoms with Crippen LogP contribution in [0.4, 0.5) is 10.5 Å². The first kappa shape index (κ1) is 15.0. The first-order valence-electron chi connectivity index (χ1n) is 6.26. The third-order valence-electron chi connectivity index (χ3n) is 2.89. The van der Waals surface area contributed by atoms with Crippen LogP contribution in [0.1, 0.15) is 32.3 Å². The van der Waals surface area contributed by atoms with Gasteiger partial charge in [-0.15, -0.1) is 0 Å². The number of carboxylic acid groups (broad SMARTS) is 1. The second kappa shape index (κ2) is 6.22. The van der Waals surface area contributed by atoms with Gasteiger partial charge >= 0.3 is 12.0 Å². The molecule has 1 aromatic carbocycles. The number of urea groups is 1. The molecule has 0 fully saturated rings. The second-order valence-corrected chi connectivity index (χ2v) is 4.84. The van der Waals surface area contributed by atoms with Crippen LogP contribution in [0.25, 0.3) is 0 Å². The van der Waals surface area contributed by atoms with Crippen molar-refractivity contribution in [1.29, 1.82) is 0 Å². The first-order chi connectivity index (χ1) is 8.87. The molecule has 0 aliphatic heterocycles. The number of rotatable bonds is 5. The minimum atomic E-state index is -1.25. The van der Waals surface area contributed by atoms with Crippen molar-refractivity contribution >= 4 is 17.7 Å². The highest BCUT2D eigenvalue weighted by molar-refractivity contribution is 5.93. The first-order valence-corrected chi connectivity index (χ1v) is 6.26. The van der Waals surface area contributed by atoms with Crippen LogP contribution in [0.3, 0.4) is 0 Å². The van der Waals surface area contributed by atoms with E-state index in [9.17, 15) is 14.7 Å². The van der Waals surface area contributed by atoms with Crippen LogP contribution in [0.2, 0.25) is 0 Å². The summed E-state index contributed by atoms with van der Waals surface area (Å²) in [6.07, 6.45) is 1.05. The topological polar surface area (TPSA) is 78.4 Å². The Morgan fingerprint density at radius 3 is 2.58 bits per heavy atom. The van der Waals surface area contributed by atoms with E-state index in [-0.39, 0.29) is 0 Å². The Kier molecular flexibility index (Phi) is 4.92. The minimum absolute atomic E-state index is 0.379. The van der Waals surface area contributed by atoms with Gasteiger partial charge in [0.05, 0.1) is 0 Å². The zero-order valence-corrected chi connectivity index (χ0v) is 11.5. The van der Waals surface area contributed by atoms with E-state index in [1.165, 1.54) is 6.92 Å². The molecule has 5 nitrogen and oxygen atoms in total. The van der Waals surface area contributed by atoms with Crippen molar-refractivity contribution in [3.05, 3.63) is 29.8 Å². The largest absolute Gasteiger partial charge is 0.480 e. The van der Waals surface area contributed by atoms with Crippen LogP contribution >= 0.6 is 0 Å². The molecule has 0 aliphatic carbocycles. The van der Waals surface area contributed by atoms with Crippen LogP contribution in [-0.4, -0.2) is 22.6 Å². The molecular weight excluding hydrogens is 244 g/mol. The van der Waals surface area contributed by atoms with Gasteiger partial charge in [0.2, 0.25) is 0 Å². The summed E-state index contributed by atoms with van der Waals surface area (Å²) in [5, 5.41) is 14.3. The van der Waals surface area contributed by atoms with Gasteiger partial charge in [0, 0.05) is 5.69 Å². The Hall–Kier alpha value is -2.04. The Morgan fingerprint density at radius 2 is 2.05 bits per heavy atom. The zero-order valence-electron chi connectivity index (χ0n) is 11.5. The summed E-state index contributed by atoms with van der Waals surface area (Å²) in [7, 11) is 0. The van der Waals surface area contributed by atoms with Crippen LogP contribution in [-0.2, 0) is 4.79 Å². The number of nitrogens with one attached hydrogen (secondary N) is 2. The summed E-state index contributed by atoms with van der Waals surface area (Å²) in [6, 6.07) is 6.81. The molecule has 1 rings (SSSR count). The van der Waals surface area contributed by atoms with Gasteiger partial charge in [0.15, 0.2) is 0 Å². The van der Waals surface area contributed by atoms with Crippen molar-refractivity contribution < 1.29 is 14.7 Å². The number of carbonyl (C=O) groups excluding carboxylic acids is 1. The number of hydrogen-bond acceptors (Lipinski definition) is 2. The Morgan fingerprint density at radius 1 is 1.37 bits per heavy atom. The Labute approximate surface area is 113 Å². The van der Waals surface area contributed by atoms with Crippen molar-refractivity contribution in [2.75, 3.05) is 5.32 Å². The number of carboxylic acids is 1. The van der Waals surface area contributed by atoms with Crippen molar-refractivity contribution in [2.45, 2.75) is 39.2 Å². The molecule has 0 bridgehead atoms. The normalized spacial score (nSPS) is 13.4. The molecule has 104 valence electrons. The summed E-state index contributed by atoms with van der Waals surface area (Å²) in [5.74, 6) is -1.03. The van der Waals surface area contributed by atoms with E-state index >= 15 is 0 Å². The van der Waals surface area contributed by atoms with Gasteiger partial charge < -0.3 is 15.7 Å². The highest BCUT2D eigenvalue weighted by Gasteiger charge is 2.33. The van der Waals surface area contributed by atoms with E-state index in [0.29, 0.717) is 18.5 Å². The van der Waals surface area contributed by atoms with E-state index in [2.05, 4.69) is 10.6 Å². The zero-order chi connectivity index (χ0) is 14.5. The van der Waals surface area contributed by atoms with E-state index in [4.69, 9.17) is 0 Å². The molecule has 0 spiro atoms. The van der Waals surface area contributed by atoms with Crippen LogP contribution in [0, 0.1) is 6.92 Å². The number of aryl methyl sites for hydroxylation is 1. The van der Waals surface area contributed by atoms with Crippen molar-refractivity contribution in [3.8, 4) is 0 Å². The third kappa shape index (κ3) is 4.28.